The number of hydrogen-bond donors (Lipinski definition) is 3. The van der Waals surface area contributed by atoms with Gasteiger partial charge in [0, 0.05) is 12.2 Å². The Kier molecular flexibility index (Phi) is 5.48. The number of urea groups is 1. The zero-order valence-electron chi connectivity index (χ0n) is 15.2. The Morgan fingerprint density at radius 2 is 2.07 bits per heavy atom. The van der Waals surface area contributed by atoms with E-state index >= 15 is 0 Å². The van der Waals surface area contributed by atoms with Crippen molar-refractivity contribution in [1.82, 2.24) is 15.5 Å². The number of rotatable bonds is 4. The second-order valence-electron chi connectivity index (χ2n) is 6.97. The van der Waals surface area contributed by atoms with Gasteiger partial charge in [-0.2, -0.15) is 13.2 Å². The molecule has 10 heteroatoms. The third-order valence-corrected chi connectivity index (χ3v) is 4.86. The Balaban J connectivity index is 1.60. The van der Waals surface area contributed by atoms with Gasteiger partial charge in [0.1, 0.15) is 12.1 Å². The maximum Gasteiger partial charge on any atom is 0.416 e. The predicted molar refractivity (Wildman–Crippen MR) is 94.3 cm³/mol. The topological polar surface area (TPSA) is 90.5 Å². The molecule has 0 unspecified atom stereocenters. The molecular weight excluding hydrogens is 377 g/mol. The normalized spacial score (nSPS) is 24.6. The first-order chi connectivity index (χ1) is 13.2. The van der Waals surface area contributed by atoms with Crippen LogP contribution in [0.25, 0.3) is 0 Å². The third-order valence-electron chi connectivity index (χ3n) is 4.86. The van der Waals surface area contributed by atoms with Gasteiger partial charge in [-0.3, -0.25) is 9.59 Å². The highest BCUT2D eigenvalue weighted by Gasteiger charge is 2.46. The van der Waals surface area contributed by atoms with Gasteiger partial charge in [-0.05, 0) is 31.0 Å². The van der Waals surface area contributed by atoms with Gasteiger partial charge in [-0.15, -0.1) is 0 Å². The van der Waals surface area contributed by atoms with E-state index in [2.05, 4.69) is 16.0 Å². The number of piperazine rings is 1. The highest BCUT2D eigenvalue weighted by Crippen LogP contribution is 2.30. The number of carbonyl (C=O) groups excluding carboxylic acids is 3. The van der Waals surface area contributed by atoms with Gasteiger partial charge in [-0.1, -0.05) is 19.4 Å². The van der Waals surface area contributed by atoms with Crippen LogP contribution in [0.5, 0.6) is 0 Å². The highest BCUT2D eigenvalue weighted by atomic mass is 19.4. The van der Waals surface area contributed by atoms with Crippen LogP contribution in [-0.4, -0.2) is 47.4 Å². The molecule has 3 N–H and O–H groups in total. The van der Waals surface area contributed by atoms with Crippen LogP contribution in [0, 0.1) is 0 Å². The fourth-order valence-electron chi connectivity index (χ4n) is 3.57. The number of nitrogens with zero attached hydrogens (tertiary/aromatic N) is 1. The third kappa shape index (κ3) is 4.20. The molecule has 1 aromatic rings. The van der Waals surface area contributed by atoms with Crippen LogP contribution in [0.15, 0.2) is 24.3 Å². The number of hydrogen-bond acceptors (Lipinski definition) is 3. The molecular formula is C18H21F3N4O3. The Morgan fingerprint density at radius 3 is 2.75 bits per heavy atom. The van der Waals surface area contributed by atoms with Crippen molar-refractivity contribution in [2.45, 2.75) is 50.5 Å². The number of anilines is 1. The van der Waals surface area contributed by atoms with Crippen LogP contribution in [0.2, 0.25) is 0 Å². The standard InChI is InChI=1S/C18H21F3N4O3/c1-2-4-13-16(27)25-9-12(8-14(25)15(26)24-13)23-17(28)22-11-6-3-5-10(7-11)18(19,20)21/h3,5-7,12-14H,2,4,8-9H2,1H3,(H,24,26)(H2,22,23,28)/t12-,13-,14-/m0/s1. The van der Waals surface area contributed by atoms with Crippen molar-refractivity contribution >= 4 is 23.5 Å². The van der Waals surface area contributed by atoms with Crippen LogP contribution in [0.4, 0.5) is 23.7 Å². The van der Waals surface area contributed by atoms with Crippen LogP contribution in [-0.2, 0) is 15.8 Å². The Hall–Kier alpha value is -2.78. The first-order valence-electron chi connectivity index (χ1n) is 9.04. The number of halogens is 3. The van der Waals surface area contributed by atoms with Crippen LogP contribution in [0.1, 0.15) is 31.7 Å². The van der Waals surface area contributed by atoms with Crippen molar-refractivity contribution in [1.29, 1.82) is 0 Å². The van der Waals surface area contributed by atoms with Crippen molar-refractivity contribution < 1.29 is 27.6 Å². The SMILES string of the molecule is CCC[C@@H]1NC(=O)[C@@H]2C[C@H](NC(=O)Nc3cccc(C(F)(F)F)c3)CN2C1=O. The Morgan fingerprint density at radius 1 is 1.32 bits per heavy atom. The lowest BCUT2D eigenvalue weighted by Gasteiger charge is -2.34. The fourth-order valence-corrected chi connectivity index (χ4v) is 3.57. The first-order valence-corrected chi connectivity index (χ1v) is 9.04. The van der Waals surface area contributed by atoms with Gasteiger partial charge in [0.25, 0.3) is 0 Å². The minimum Gasteiger partial charge on any atom is -0.343 e. The molecule has 2 fully saturated rings. The van der Waals surface area contributed by atoms with Gasteiger partial charge >= 0.3 is 12.2 Å². The van der Waals surface area contributed by atoms with E-state index < -0.39 is 35.9 Å². The maximum atomic E-state index is 12.8. The fraction of sp³-hybridized carbons (Fsp3) is 0.500. The molecule has 0 aromatic heterocycles. The van der Waals surface area contributed by atoms with Crippen LogP contribution >= 0.6 is 0 Å². The van der Waals surface area contributed by atoms with Gasteiger partial charge in [0.05, 0.1) is 11.6 Å². The predicted octanol–water partition coefficient (Wildman–Crippen LogP) is 2.09. The van der Waals surface area contributed by atoms with Crippen LogP contribution < -0.4 is 16.0 Å². The molecule has 2 aliphatic heterocycles. The summed E-state index contributed by atoms with van der Waals surface area (Å²) < 4.78 is 38.3. The first kappa shape index (κ1) is 20.0. The summed E-state index contributed by atoms with van der Waals surface area (Å²) in [5.74, 6) is -0.422. The number of alkyl halides is 3. The van der Waals surface area contributed by atoms with Crippen molar-refractivity contribution in [2.24, 2.45) is 0 Å². The van der Waals surface area contributed by atoms with E-state index in [4.69, 9.17) is 0 Å². The molecule has 0 bridgehead atoms. The van der Waals surface area contributed by atoms with Crippen molar-refractivity contribution in [3.05, 3.63) is 29.8 Å². The molecule has 2 saturated heterocycles. The molecule has 0 saturated carbocycles. The zero-order valence-corrected chi connectivity index (χ0v) is 15.2. The monoisotopic (exact) mass is 398 g/mol. The molecule has 0 spiro atoms. The van der Waals surface area contributed by atoms with Gasteiger partial charge < -0.3 is 20.9 Å². The molecule has 3 rings (SSSR count). The summed E-state index contributed by atoms with van der Waals surface area (Å²) in [5.41, 5.74) is -0.868. The highest BCUT2D eigenvalue weighted by molar-refractivity contribution is 5.98. The molecule has 152 valence electrons. The average Bonchev–Trinajstić information content (AvgIpc) is 3.03. The molecule has 0 radical (unpaired) electrons. The van der Waals surface area contributed by atoms with Crippen LogP contribution in [0.3, 0.4) is 0 Å². The van der Waals surface area contributed by atoms with E-state index in [1.54, 1.807) is 0 Å². The number of carbonyl (C=O) groups is 3. The quantitative estimate of drug-likeness (QED) is 0.726. The summed E-state index contributed by atoms with van der Waals surface area (Å²) in [6.07, 6.45) is -2.96. The van der Waals surface area contributed by atoms with Crippen molar-refractivity contribution in [3.63, 3.8) is 0 Å². The number of amides is 4. The summed E-state index contributed by atoms with van der Waals surface area (Å²) in [6.45, 7) is 2.10. The molecule has 1 aromatic carbocycles. The average molecular weight is 398 g/mol. The van der Waals surface area contributed by atoms with E-state index in [1.165, 1.54) is 17.0 Å². The Bertz CT molecular complexity index is 784. The van der Waals surface area contributed by atoms with E-state index in [0.717, 1.165) is 18.6 Å². The molecule has 2 aliphatic rings. The molecule has 3 atom stereocenters. The molecule has 0 aliphatic carbocycles. The lowest BCUT2D eigenvalue weighted by molar-refractivity contribution is -0.147. The van der Waals surface area contributed by atoms with Crippen molar-refractivity contribution in [2.75, 3.05) is 11.9 Å². The number of nitrogens with one attached hydrogen (secondary N) is 3. The summed E-state index contributed by atoms with van der Waals surface area (Å²) in [7, 11) is 0. The lowest BCUT2D eigenvalue weighted by Crippen LogP contribution is -2.61. The second-order valence-corrected chi connectivity index (χ2v) is 6.97. The summed E-state index contributed by atoms with van der Waals surface area (Å²) in [5, 5.41) is 7.69. The minimum absolute atomic E-state index is 0.000117. The smallest absolute Gasteiger partial charge is 0.343 e. The summed E-state index contributed by atoms with van der Waals surface area (Å²) >= 11 is 0. The van der Waals surface area contributed by atoms with E-state index in [0.29, 0.717) is 6.42 Å². The summed E-state index contributed by atoms with van der Waals surface area (Å²) in [6, 6.07) is 1.95. The van der Waals surface area contributed by atoms with Gasteiger partial charge in [-0.25, -0.2) is 4.79 Å². The van der Waals surface area contributed by atoms with E-state index in [-0.39, 0.29) is 30.5 Å². The number of fused-ring (bicyclic) bond motifs is 1. The van der Waals surface area contributed by atoms with Gasteiger partial charge in [0.15, 0.2) is 0 Å². The van der Waals surface area contributed by atoms with Gasteiger partial charge in [0.2, 0.25) is 11.8 Å². The molecule has 4 amide bonds. The molecule has 2 heterocycles. The van der Waals surface area contributed by atoms with Crippen molar-refractivity contribution in [3.8, 4) is 0 Å². The molecule has 28 heavy (non-hydrogen) atoms. The zero-order chi connectivity index (χ0) is 20.5. The number of benzene rings is 1. The van der Waals surface area contributed by atoms with E-state index in [9.17, 15) is 27.6 Å². The summed E-state index contributed by atoms with van der Waals surface area (Å²) in [4.78, 5) is 38.3. The largest absolute Gasteiger partial charge is 0.416 e. The lowest BCUT2D eigenvalue weighted by atomic mass is 10.0. The Labute approximate surface area is 159 Å². The second kappa shape index (κ2) is 7.69. The van der Waals surface area contributed by atoms with E-state index in [1.807, 2.05) is 6.92 Å². The maximum absolute atomic E-state index is 12.8. The minimum atomic E-state index is -4.51. The molecule has 7 nitrogen and oxygen atoms in total.